The Morgan fingerprint density at radius 1 is 1.12 bits per heavy atom. The molecule has 0 saturated heterocycles. The van der Waals surface area contributed by atoms with Crippen LogP contribution in [0.5, 0.6) is 0 Å². The summed E-state index contributed by atoms with van der Waals surface area (Å²) in [6, 6.07) is 12.6. The molecular formula is C14H15NS. The zero-order valence-electron chi connectivity index (χ0n) is 9.60. The monoisotopic (exact) mass is 229 g/mol. The van der Waals surface area contributed by atoms with Crippen LogP contribution >= 0.6 is 11.8 Å². The van der Waals surface area contributed by atoms with E-state index in [9.17, 15) is 0 Å². The van der Waals surface area contributed by atoms with Crippen molar-refractivity contribution in [2.24, 2.45) is 0 Å². The lowest BCUT2D eigenvalue weighted by Gasteiger charge is -2.06. The summed E-state index contributed by atoms with van der Waals surface area (Å²) in [5.41, 5.74) is 3.80. The van der Waals surface area contributed by atoms with Crippen LogP contribution in [0.3, 0.4) is 0 Å². The Bertz CT molecular complexity index is 465. The molecule has 0 spiro atoms. The van der Waals surface area contributed by atoms with E-state index in [0.29, 0.717) is 0 Å². The normalized spacial score (nSPS) is 10.4. The van der Waals surface area contributed by atoms with Gasteiger partial charge in [-0.2, -0.15) is 0 Å². The molecule has 0 unspecified atom stereocenters. The molecule has 1 nitrogen and oxygen atoms in total. The third-order valence-electron chi connectivity index (χ3n) is 2.43. The van der Waals surface area contributed by atoms with Crippen LogP contribution in [0, 0.1) is 13.8 Å². The molecular weight excluding hydrogens is 214 g/mol. The Morgan fingerprint density at radius 3 is 2.69 bits per heavy atom. The molecule has 16 heavy (non-hydrogen) atoms. The Hall–Kier alpha value is -1.28. The number of thioether (sulfide) groups is 1. The maximum absolute atomic E-state index is 4.32. The fourth-order valence-corrected chi connectivity index (χ4v) is 2.52. The zero-order valence-corrected chi connectivity index (χ0v) is 10.4. The average Bonchev–Trinajstić information content (AvgIpc) is 2.29. The molecule has 2 heteroatoms. The molecule has 1 heterocycles. The Morgan fingerprint density at radius 2 is 2.00 bits per heavy atom. The first-order chi connectivity index (χ1) is 7.75. The topological polar surface area (TPSA) is 12.9 Å². The lowest BCUT2D eigenvalue weighted by molar-refractivity contribution is 1.17. The van der Waals surface area contributed by atoms with Gasteiger partial charge in [-0.25, -0.2) is 0 Å². The standard InChI is InChI=1S/C14H15NS/c1-11-6-7-14(12(2)9-11)16-10-13-5-3-4-8-15-13/h3-9H,10H2,1-2H3. The second-order valence-electron chi connectivity index (χ2n) is 3.88. The van der Waals surface area contributed by atoms with Crippen molar-refractivity contribution in [3.63, 3.8) is 0 Å². The number of aromatic nitrogens is 1. The van der Waals surface area contributed by atoms with Gasteiger partial charge in [-0.15, -0.1) is 11.8 Å². The van der Waals surface area contributed by atoms with Crippen molar-refractivity contribution in [3.8, 4) is 0 Å². The molecule has 0 saturated carbocycles. The number of hydrogen-bond donors (Lipinski definition) is 0. The van der Waals surface area contributed by atoms with Gasteiger partial charge in [0, 0.05) is 16.8 Å². The molecule has 0 atom stereocenters. The predicted molar refractivity (Wildman–Crippen MR) is 69.7 cm³/mol. The Labute approximate surface area is 101 Å². The minimum absolute atomic E-state index is 0.935. The molecule has 1 aromatic carbocycles. The lowest BCUT2D eigenvalue weighted by atomic mass is 10.2. The van der Waals surface area contributed by atoms with Crippen molar-refractivity contribution in [1.29, 1.82) is 0 Å². The summed E-state index contributed by atoms with van der Waals surface area (Å²) in [4.78, 5) is 5.66. The van der Waals surface area contributed by atoms with Gasteiger partial charge in [-0.05, 0) is 37.6 Å². The van der Waals surface area contributed by atoms with Gasteiger partial charge >= 0.3 is 0 Å². The number of aryl methyl sites for hydroxylation is 2. The summed E-state index contributed by atoms with van der Waals surface area (Å²) >= 11 is 1.85. The number of nitrogens with zero attached hydrogens (tertiary/aromatic N) is 1. The highest BCUT2D eigenvalue weighted by molar-refractivity contribution is 7.98. The third kappa shape index (κ3) is 2.86. The van der Waals surface area contributed by atoms with E-state index < -0.39 is 0 Å². The van der Waals surface area contributed by atoms with Gasteiger partial charge in [-0.1, -0.05) is 23.8 Å². The first-order valence-electron chi connectivity index (χ1n) is 5.35. The van der Waals surface area contributed by atoms with Crippen LogP contribution in [0.1, 0.15) is 16.8 Å². The number of hydrogen-bond acceptors (Lipinski definition) is 2. The van der Waals surface area contributed by atoms with Crippen molar-refractivity contribution in [1.82, 2.24) is 4.98 Å². The SMILES string of the molecule is Cc1ccc(SCc2ccccn2)c(C)c1. The molecule has 0 fully saturated rings. The van der Waals surface area contributed by atoms with Gasteiger partial charge in [0.15, 0.2) is 0 Å². The maximum Gasteiger partial charge on any atom is 0.0506 e. The number of benzene rings is 1. The van der Waals surface area contributed by atoms with Gasteiger partial charge in [0.05, 0.1) is 5.69 Å². The molecule has 1 aromatic heterocycles. The highest BCUT2D eigenvalue weighted by atomic mass is 32.2. The van der Waals surface area contributed by atoms with Gasteiger partial charge in [0.25, 0.3) is 0 Å². The maximum atomic E-state index is 4.32. The van der Waals surface area contributed by atoms with Crippen LogP contribution in [-0.4, -0.2) is 4.98 Å². The molecule has 0 amide bonds. The summed E-state index contributed by atoms with van der Waals surface area (Å²) in [5.74, 6) is 0.935. The lowest BCUT2D eigenvalue weighted by Crippen LogP contribution is -1.86. The summed E-state index contributed by atoms with van der Waals surface area (Å²) in [5, 5.41) is 0. The van der Waals surface area contributed by atoms with Crippen LogP contribution < -0.4 is 0 Å². The minimum Gasteiger partial charge on any atom is -0.260 e. The van der Waals surface area contributed by atoms with E-state index in [0.717, 1.165) is 11.4 Å². The van der Waals surface area contributed by atoms with Crippen molar-refractivity contribution >= 4 is 11.8 Å². The van der Waals surface area contributed by atoms with Crippen LogP contribution in [0.2, 0.25) is 0 Å². The van der Waals surface area contributed by atoms with Crippen LogP contribution in [0.25, 0.3) is 0 Å². The van der Waals surface area contributed by atoms with E-state index >= 15 is 0 Å². The molecule has 0 N–H and O–H groups in total. The first kappa shape index (κ1) is 11.2. The average molecular weight is 229 g/mol. The van der Waals surface area contributed by atoms with Crippen molar-refractivity contribution in [2.45, 2.75) is 24.5 Å². The van der Waals surface area contributed by atoms with Crippen LogP contribution in [0.15, 0.2) is 47.5 Å². The largest absolute Gasteiger partial charge is 0.260 e. The minimum atomic E-state index is 0.935. The van der Waals surface area contributed by atoms with E-state index in [-0.39, 0.29) is 0 Å². The third-order valence-corrected chi connectivity index (χ3v) is 3.64. The molecule has 0 radical (unpaired) electrons. The van der Waals surface area contributed by atoms with E-state index in [1.807, 2.05) is 30.1 Å². The van der Waals surface area contributed by atoms with E-state index in [4.69, 9.17) is 0 Å². The second kappa shape index (κ2) is 5.17. The zero-order chi connectivity index (χ0) is 11.4. The van der Waals surface area contributed by atoms with Crippen molar-refractivity contribution < 1.29 is 0 Å². The van der Waals surface area contributed by atoms with Gasteiger partial charge in [0.1, 0.15) is 0 Å². The highest BCUT2D eigenvalue weighted by Gasteiger charge is 2.00. The summed E-state index contributed by atoms with van der Waals surface area (Å²) in [6.07, 6.45) is 1.85. The van der Waals surface area contributed by atoms with Crippen LogP contribution in [0.4, 0.5) is 0 Å². The predicted octanol–water partition coefficient (Wildman–Crippen LogP) is 3.99. The summed E-state index contributed by atoms with van der Waals surface area (Å²) in [6.45, 7) is 4.29. The van der Waals surface area contributed by atoms with E-state index in [1.165, 1.54) is 16.0 Å². The van der Waals surface area contributed by atoms with E-state index in [1.54, 1.807) is 0 Å². The highest BCUT2D eigenvalue weighted by Crippen LogP contribution is 2.25. The smallest absolute Gasteiger partial charge is 0.0506 e. The van der Waals surface area contributed by atoms with Crippen molar-refractivity contribution in [3.05, 3.63) is 59.4 Å². The van der Waals surface area contributed by atoms with Gasteiger partial charge < -0.3 is 0 Å². The van der Waals surface area contributed by atoms with Gasteiger partial charge in [0.2, 0.25) is 0 Å². The fourth-order valence-electron chi connectivity index (χ4n) is 1.60. The van der Waals surface area contributed by atoms with E-state index in [2.05, 4.69) is 43.1 Å². The molecule has 0 aliphatic heterocycles. The van der Waals surface area contributed by atoms with Crippen molar-refractivity contribution in [2.75, 3.05) is 0 Å². The molecule has 2 aromatic rings. The number of rotatable bonds is 3. The fraction of sp³-hybridized carbons (Fsp3) is 0.214. The second-order valence-corrected chi connectivity index (χ2v) is 4.90. The first-order valence-corrected chi connectivity index (χ1v) is 6.34. The molecule has 2 rings (SSSR count). The number of pyridine rings is 1. The van der Waals surface area contributed by atoms with Crippen LogP contribution in [-0.2, 0) is 5.75 Å². The Kier molecular flexibility index (Phi) is 3.62. The summed E-state index contributed by atoms with van der Waals surface area (Å²) < 4.78 is 0. The molecule has 0 aliphatic carbocycles. The Balaban J connectivity index is 2.05. The molecule has 0 aliphatic rings. The molecule has 82 valence electrons. The summed E-state index contributed by atoms with van der Waals surface area (Å²) in [7, 11) is 0. The quantitative estimate of drug-likeness (QED) is 0.738. The van der Waals surface area contributed by atoms with Gasteiger partial charge in [-0.3, -0.25) is 4.98 Å². The molecule has 0 bridgehead atoms.